The van der Waals surface area contributed by atoms with E-state index in [2.05, 4.69) is 34.1 Å². The second kappa shape index (κ2) is 8.29. The van der Waals surface area contributed by atoms with Crippen molar-refractivity contribution in [3.8, 4) is 11.3 Å². The first-order valence-electron chi connectivity index (χ1n) is 10.3. The molecule has 1 aromatic carbocycles. The summed E-state index contributed by atoms with van der Waals surface area (Å²) in [5.74, 6) is 0.533. The van der Waals surface area contributed by atoms with E-state index in [4.69, 9.17) is 4.42 Å². The Labute approximate surface area is 179 Å². The van der Waals surface area contributed by atoms with Gasteiger partial charge >= 0.3 is 0 Å². The van der Waals surface area contributed by atoms with Crippen LogP contribution in [0.2, 0.25) is 0 Å². The Morgan fingerprint density at radius 3 is 2.77 bits per heavy atom. The van der Waals surface area contributed by atoms with E-state index in [1.165, 1.54) is 12.1 Å². The van der Waals surface area contributed by atoms with Gasteiger partial charge in [-0.2, -0.15) is 0 Å². The van der Waals surface area contributed by atoms with Crippen LogP contribution in [0.4, 0.5) is 10.1 Å². The molecule has 0 radical (unpaired) electrons. The average Bonchev–Trinajstić information content (AvgIpc) is 3.31. The number of nitrogens with one attached hydrogen (secondary N) is 1. The number of carbonyl (C=O) groups excluding carboxylic acids is 1. The molecule has 0 saturated carbocycles. The number of anilines is 1. The Balaban J connectivity index is 1.64. The molecule has 0 aliphatic heterocycles. The number of aryl methyl sites for hydroxylation is 2. The quantitative estimate of drug-likeness (QED) is 0.457. The molecule has 31 heavy (non-hydrogen) atoms. The van der Waals surface area contributed by atoms with Gasteiger partial charge in [-0.15, -0.1) is 0 Å². The lowest BCUT2D eigenvalue weighted by molar-refractivity contribution is 0.0994. The van der Waals surface area contributed by atoms with Gasteiger partial charge in [-0.05, 0) is 43.0 Å². The molecule has 0 bridgehead atoms. The van der Waals surface area contributed by atoms with E-state index in [0.29, 0.717) is 34.7 Å². The molecule has 0 saturated heterocycles. The molecule has 1 amide bonds. The lowest BCUT2D eigenvalue weighted by atomic mass is 10.00. The fourth-order valence-electron chi connectivity index (χ4n) is 3.61. The monoisotopic (exact) mass is 421 g/mol. The van der Waals surface area contributed by atoms with Crippen molar-refractivity contribution in [1.29, 1.82) is 0 Å². The molecule has 4 rings (SSSR count). The molecular weight excluding hydrogens is 397 g/mol. The van der Waals surface area contributed by atoms with E-state index in [0.717, 1.165) is 18.4 Å². The first-order valence-corrected chi connectivity index (χ1v) is 10.3. The summed E-state index contributed by atoms with van der Waals surface area (Å²) >= 11 is 0. The molecule has 1 atom stereocenters. The molecule has 4 aromatic rings. The van der Waals surface area contributed by atoms with Crippen LogP contribution in [0.25, 0.3) is 17.0 Å². The Kier molecular flexibility index (Phi) is 5.54. The average molecular weight is 421 g/mol. The Morgan fingerprint density at radius 2 is 2.06 bits per heavy atom. The zero-order chi connectivity index (χ0) is 22.1. The number of amides is 1. The number of oxazole rings is 1. The van der Waals surface area contributed by atoms with Crippen molar-refractivity contribution in [3.63, 3.8) is 0 Å². The molecule has 3 aromatic heterocycles. The normalized spacial score (nSPS) is 12.3. The van der Waals surface area contributed by atoms with Gasteiger partial charge in [0.1, 0.15) is 5.82 Å². The van der Waals surface area contributed by atoms with Crippen molar-refractivity contribution in [1.82, 2.24) is 19.4 Å². The van der Waals surface area contributed by atoms with Gasteiger partial charge in [-0.25, -0.2) is 19.3 Å². The summed E-state index contributed by atoms with van der Waals surface area (Å²) in [6.45, 7) is 7.68. The third-order valence-electron chi connectivity index (χ3n) is 5.23. The van der Waals surface area contributed by atoms with Crippen LogP contribution < -0.4 is 5.32 Å². The number of hydrogen-bond donors (Lipinski definition) is 1. The van der Waals surface area contributed by atoms with Crippen LogP contribution in [0.15, 0.2) is 41.2 Å². The maximum atomic E-state index is 14.6. The number of aromatic nitrogens is 4. The predicted octanol–water partition coefficient (Wildman–Crippen LogP) is 5.30. The fourth-order valence-corrected chi connectivity index (χ4v) is 3.61. The van der Waals surface area contributed by atoms with E-state index in [1.54, 1.807) is 26.1 Å². The first kappa shape index (κ1) is 20.7. The zero-order valence-electron chi connectivity index (χ0n) is 17.9. The molecule has 0 spiro atoms. The summed E-state index contributed by atoms with van der Waals surface area (Å²) in [5.41, 5.74) is 2.75. The summed E-state index contributed by atoms with van der Waals surface area (Å²) in [5, 5.41) is 2.73. The first-order chi connectivity index (χ1) is 14.9. The van der Waals surface area contributed by atoms with Gasteiger partial charge in [-0.3, -0.25) is 9.20 Å². The molecule has 7 nitrogen and oxygen atoms in total. The Hall–Kier alpha value is -3.55. The van der Waals surface area contributed by atoms with Crippen LogP contribution >= 0.6 is 0 Å². The standard InChI is InChI=1S/C23H24FN5O2/c1-5-6-13(2)16-10-25-23-28-20(12-29(23)11-16)18-9-17(7-8-19(18)24)27-22(30)21-14(3)26-15(4)31-21/h7-13H,5-6H2,1-4H3,(H,27,30). The maximum Gasteiger partial charge on any atom is 0.293 e. The zero-order valence-corrected chi connectivity index (χ0v) is 17.9. The molecule has 1 N–H and O–H groups in total. The topological polar surface area (TPSA) is 85.3 Å². The third kappa shape index (κ3) is 4.19. The van der Waals surface area contributed by atoms with Gasteiger partial charge in [0.2, 0.25) is 11.5 Å². The Bertz CT molecular complexity index is 1260. The van der Waals surface area contributed by atoms with E-state index in [-0.39, 0.29) is 11.3 Å². The SMILES string of the molecule is CCCC(C)c1cnc2nc(-c3cc(NC(=O)c4oc(C)nc4C)ccc3F)cn2c1. The number of rotatable bonds is 6. The van der Waals surface area contributed by atoms with Crippen molar-refractivity contribution >= 4 is 17.4 Å². The second-order valence-electron chi connectivity index (χ2n) is 7.71. The summed E-state index contributed by atoms with van der Waals surface area (Å²) in [6, 6.07) is 4.34. The number of nitrogens with zero attached hydrogens (tertiary/aromatic N) is 4. The van der Waals surface area contributed by atoms with Crippen LogP contribution in [0.5, 0.6) is 0 Å². The summed E-state index contributed by atoms with van der Waals surface area (Å²) in [7, 11) is 0. The van der Waals surface area contributed by atoms with Crippen LogP contribution in [0, 0.1) is 19.7 Å². The highest BCUT2D eigenvalue weighted by atomic mass is 19.1. The van der Waals surface area contributed by atoms with Gasteiger partial charge in [0, 0.05) is 36.8 Å². The highest BCUT2D eigenvalue weighted by Crippen LogP contribution is 2.27. The number of halogens is 1. The van der Waals surface area contributed by atoms with Crippen molar-refractivity contribution in [2.45, 2.75) is 46.5 Å². The second-order valence-corrected chi connectivity index (χ2v) is 7.71. The largest absolute Gasteiger partial charge is 0.436 e. The minimum absolute atomic E-state index is 0.133. The molecule has 0 fully saturated rings. The van der Waals surface area contributed by atoms with Crippen molar-refractivity contribution in [3.05, 3.63) is 65.5 Å². The highest BCUT2D eigenvalue weighted by molar-refractivity contribution is 6.03. The molecule has 1 unspecified atom stereocenters. The number of carbonyl (C=O) groups is 1. The van der Waals surface area contributed by atoms with Crippen LogP contribution in [-0.2, 0) is 0 Å². The molecule has 8 heteroatoms. The van der Waals surface area contributed by atoms with E-state index in [9.17, 15) is 9.18 Å². The minimum atomic E-state index is -0.443. The Morgan fingerprint density at radius 1 is 1.26 bits per heavy atom. The van der Waals surface area contributed by atoms with E-state index >= 15 is 0 Å². The van der Waals surface area contributed by atoms with Gasteiger partial charge in [0.05, 0.1) is 11.4 Å². The van der Waals surface area contributed by atoms with Crippen molar-refractivity contribution < 1.29 is 13.6 Å². The van der Waals surface area contributed by atoms with E-state index < -0.39 is 11.7 Å². The number of benzene rings is 1. The fraction of sp³-hybridized carbons (Fsp3) is 0.304. The van der Waals surface area contributed by atoms with E-state index in [1.807, 2.05) is 16.8 Å². The van der Waals surface area contributed by atoms with Crippen molar-refractivity contribution in [2.24, 2.45) is 0 Å². The highest BCUT2D eigenvalue weighted by Gasteiger charge is 2.18. The number of hydrogen-bond acceptors (Lipinski definition) is 5. The van der Waals surface area contributed by atoms with Crippen LogP contribution in [-0.4, -0.2) is 25.3 Å². The maximum absolute atomic E-state index is 14.6. The summed E-state index contributed by atoms with van der Waals surface area (Å²) in [6.07, 6.45) is 7.71. The number of imidazole rings is 1. The van der Waals surface area contributed by atoms with Gasteiger partial charge in [0.25, 0.3) is 5.91 Å². The number of fused-ring (bicyclic) bond motifs is 1. The van der Waals surface area contributed by atoms with Crippen LogP contribution in [0.3, 0.4) is 0 Å². The molecule has 160 valence electrons. The molecular formula is C23H24FN5O2. The summed E-state index contributed by atoms with van der Waals surface area (Å²) < 4.78 is 21.8. The molecule has 0 aliphatic carbocycles. The predicted molar refractivity (Wildman–Crippen MR) is 116 cm³/mol. The molecule has 3 heterocycles. The minimum Gasteiger partial charge on any atom is -0.436 e. The lowest BCUT2D eigenvalue weighted by Crippen LogP contribution is -2.12. The van der Waals surface area contributed by atoms with Crippen LogP contribution in [0.1, 0.15) is 60.3 Å². The third-order valence-corrected chi connectivity index (χ3v) is 5.23. The van der Waals surface area contributed by atoms with Gasteiger partial charge in [-0.1, -0.05) is 20.3 Å². The van der Waals surface area contributed by atoms with Gasteiger partial charge in [0.15, 0.2) is 5.89 Å². The smallest absolute Gasteiger partial charge is 0.293 e. The summed E-state index contributed by atoms with van der Waals surface area (Å²) in [4.78, 5) is 25.5. The lowest BCUT2D eigenvalue weighted by Gasteiger charge is -2.09. The van der Waals surface area contributed by atoms with Gasteiger partial charge < -0.3 is 9.73 Å². The molecule has 0 aliphatic rings. The van der Waals surface area contributed by atoms with Crippen molar-refractivity contribution in [2.75, 3.05) is 5.32 Å².